The first-order valence-electron chi connectivity index (χ1n) is 8.09. The molecule has 2 rings (SSSR count). The number of carbonyl (C=O) groups excluding carboxylic acids is 1. The molecular formula is C17H26ClFN2OS. The van der Waals surface area contributed by atoms with Gasteiger partial charge in [0, 0.05) is 29.7 Å². The number of amides is 1. The molecule has 0 spiro atoms. The summed E-state index contributed by atoms with van der Waals surface area (Å²) >= 11 is 1.61. The molecule has 0 unspecified atom stereocenters. The molecule has 130 valence electrons. The van der Waals surface area contributed by atoms with E-state index in [1.807, 2.05) is 0 Å². The Bertz CT molecular complexity index is 466. The SMILES string of the molecule is CCCN(C(=O)CCSc1ccc(F)cc1)C1CCNCC1.Cl. The average Bonchev–Trinajstić information content (AvgIpc) is 2.55. The first kappa shape index (κ1) is 20.3. The normalized spacial score (nSPS) is 15.0. The van der Waals surface area contributed by atoms with E-state index in [2.05, 4.69) is 17.1 Å². The minimum atomic E-state index is -0.222. The van der Waals surface area contributed by atoms with Gasteiger partial charge in [0.1, 0.15) is 5.82 Å². The van der Waals surface area contributed by atoms with Gasteiger partial charge in [-0.25, -0.2) is 4.39 Å². The van der Waals surface area contributed by atoms with Crippen molar-refractivity contribution in [3.63, 3.8) is 0 Å². The first-order valence-corrected chi connectivity index (χ1v) is 9.08. The van der Waals surface area contributed by atoms with E-state index in [9.17, 15) is 9.18 Å². The van der Waals surface area contributed by atoms with Crippen molar-refractivity contribution in [2.24, 2.45) is 0 Å². The van der Waals surface area contributed by atoms with Crippen molar-refractivity contribution >= 4 is 30.1 Å². The van der Waals surface area contributed by atoms with E-state index in [1.54, 1.807) is 23.9 Å². The second-order valence-electron chi connectivity index (χ2n) is 5.62. The van der Waals surface area contributed by atoms with Gasteiger partial charge < -0.3 is 10.2 Å². The first-order chi connectivity index (χ1) is 10.7. The number of hydrogen-bond acceptors (Lipinski definition) is 3. The highest BCUT2D eigenvalue weighted by Crippen LogP contribution is 2.20. The van der Waals surface area contributed by atoms with E-state index in [4.69, 9.17) is 0 Å². The molecule has 6 heteroatoms. The standard InChI is InChI=1S/C17H25FN2OS.ClH/c1-2-12-20(15-7-10-19-11-8-15)17(21)9-13-22-16-5-3-14(18)4-6-16;/h3-6,15,19H,2,7-13H2,1H3;1H. The Morgan fingerprint density at radius 3 is 2.57 bits per heavy atom. The van der Waals surface area contributed by atoms with Crippen LogP contribution >= 0.6 is 24.2 Å². The molecule has 1 amide bonds. The fourth-order valence-corrected chi connectivity index (χ4v) is 3.64. The Hall–Kier alpha value is -0.780. The highest BCUT2D eigenvalue weighted by Gasteiger charge is 2.24. The fraction of sp³-hybridized carbons (Fsp3) is 0.588. The van der Waals surface area contributed by atoms with Crippen LogP contribution in [0.15, 0.2) is 29.2 Å². The number of carbonyl (C=O) groups is 1. The van der Waals surface area contributed by atoms with Gasteiger partial charge in [-0.2, -0.15) is 0 Å². The number of thioether (sulfide) groups is 1. The molecule has 0 aliphatic carbocycles. The van der Waals surface area contributed by atoms with E-state index < -0.39 is 0 Å². The molecule has 0 bridgehead atoms. The van der Waals surface area contributed by atoms with Crippen LogP contribution in [0.5, 0.6) is 0 Å². The average molecular weight is 361 g/mol. The summed E-state index contributed by atoms with van der Waals surface area (Å²) in [5, 5.41) is 3.35. The number of nitrogens with zero attached hydrogens (tertiary/aromatic N) is 1. The largest absolute Gasteiger partial charge is 0.340 e. The predicted molar refractivity (Wildman–Crippen MR) is 96.9 cm³/mol. The third-order valence-electron chi connectivity index (χ3n) is 3.93. The van der Waals surface area contributed by atoms with Crippen molar-refractivity contribution < 1.29 is 9.18 Å². The molecule has 0 atom stereocenters. The molecule has 1 aromatic rings. The lowest BCUT2D eigenvalue weighted by molar-refractivity contribution is -0.133. The topological polar surface area (TPSA) is 32.3 Å². The highest BCUT2D eigenvalue weighted by molar-refractivity contribution is 7.99. The minimum absolute atomic E-state index is 0. The number of hydrogen-bond donors (Lipinski definition) is 1. The van der Waals surface area contributed by atoms with E-state index in [1.165, 1.54) is 12.1 Å². The van der Waals surface area contributed by atoms with E-state index in [0.29, 0.717) is 12.5 Å². The van der Waals surface area contributed by atoms with Crippen LogP contribution in [0.3, 0.4) is 0 Å². The smallest absolute Gasteiger partial charge is 0.223 e. The number of halogens is 2. The third kappa shape index (κ3) is 6.69. The highest BCUT2D eigenvalue weighted by atomic mass is 35.5. The van der Waals surface area contributed by atoms with Gasteiger partial charge in [-0.1, -0.05) is 6.92 Å². The number of piperidine rings is 1. The summed E-state index contributed by atoms with van der Waals surface area (Å²) in [5.41, 5.74) is 0. The Morgan fingerprint density at radius 1 is 1.30 bits per heavy atom. The van der Waals surface area contributed by atoms with Gasteiger partial charge in [0.25, 0.3) is 0 Å². The zero-order chi connectivity index (χ0) is 15.8. The maximum atomic E-state index is 12.9. The molecule has 1 N–H and O–H groups in total. The van der Waals surface area contributed by atoms with Gasteiger partial charge in [-0.15, -0.1) is 24.2 Å². The summed E-state index contributed by atoms with van der Waals surface area (Å²) in [6, 6.07) is 6.84. The van der Waals surface area contributed by atoms with Gasteiger partial charge in [0.2, 0.25) is 5.91 Å². The Kier molecular flexibility index (Phi) is 9.60. The zero-order valence-corrected chi connectivity index (χ0v) is 15.2. The van der Waals surface area contributed by atoms with E-state index >= 15 is 0 Å². The molecular weight excluding hydrogens is 335 g/mol. The van der Waals surface area contributed by atoms with Crippen LogP contribution in [-0.2, 0) is 4.79 Å². The van der Waals surface area contributed by atoms with Crippen LogP contribution in [0.1, 0.15) is 32.6 Å². The Labute approximate surface area is 148 Å². The summed E-state index contributed by atoms with van der Waals surface area (Å²) in [4.78, 5) is 15.6. The molecule has 3 nitrogen and oxygen atoms in total. The monoisotopic (exact) mass is 360 g/mol. The van der Waals surface area contributed by atoms with E-state index in [-0.39, 0.29) is 24.1 Å². The van der Waals surface area contributed by atoms with E-state index in [0.717, 1.165) is 49.5 Å². The summed E-state index contributed by atoms with van der Waals surface area (Å²) in [6.45, 7) is 4.98. The summed E-state index contributed by atoms with van der Waals surface area (Å²) < 4.78 is 12.9. The van der Waals surface area contributed by atoms with Crippen molar-refractivity contribution in [3.8, 4) is 0 Å². The molecule has 1 aromatic carbocycles. The zero-order valence-electron chi connectivity index (χ0n) is 13.6. The van der Waals surface area contributed by atoms with Crippen molar-refractivity contribution in [1.82, 2.24) is 10.2 Å². The molecule has 0 aromatic heterocycles. The Balaban J connectivity index is 0.00000264. The quantitative estimate of drug-likeness (QED) is 0.752. The van der Waals surface area contributed by atoms with Crippen molar-refractivity contribution in [2.45, 2.75) is 43.5 Å². The minimum Gasteiger partial charge on any atom is -0.340 e. The van der Waals surface area contributed by atoms with Gasteiger partial charge in [0.05, 0.1) is 0 Å². The number of benzene rings is 1. The molecule has 23 heavy (non-hydrogen) atoms. The molecule has 1 aliphatic heterocycles. The molecule has 0 saturated carbocycles. The molecule has 1 aliphatic rings. The van der Waals surface area contributed by atoms with Gasteiger partial charge in [0.15, 0.2) is 0 Å². The molecule has 1 heterocycles. The maximum absolute atomic E-state index is 12.9. The lowest BCUT2D eigenvalue weighted by atomic mass is 10.0. The third-order valence-corrected chi connectivity index (χ3v) is 4.95. The van der Waals surface area contributed by atoms with Crippen LogP contribution in [0.2, 0.25) is 0 Å². The second-order valence-corrected chi connectivity index (χ2v) is 6.79. The van der Waals surface area contributed by atoms with Gasteiger partial charge in [-0.05, 0) is 56.6 Å². The predicted octanol–water partition coefficient (Wildman–Crippen LogP) is 3.72. The fourth-order valence-electron chi connectivity index (χ4n) is 2.80. The van der Waals surface area contributed by atoms with Gasteiger partial charge >= 0.3 is 0 Å². The number of rotatable bonds is 7. The van der Waals surface area contributed by atoms with Crippen LogP contribution < -0.4 is 5.32 Å². The van der Waals surface area contributed by atoms with Crippen LogP contribution in [0.4, 0.5) is 4.39 Å². The van der Waals surface area contributed by atoms with Gasteiger partial charge in [-0.3, -0.25) is 4.79 Å². The van der Waals surface area contributed by atoms with Crippen LogP contribution in [0.25, 0.3) is 0 Å². The maximum Gasteiger partial charge on any atom is 0.223 e. The summed E-state index contributed by atoms with van der Waals surface area (Å²) in [6.07, 6.45) is 3.65. The summed E-state index contributed by atoms with van der Waals surface area (Å²) in [5.74, 6) is 0.777. The summed E-state index contributed by atoms with van der Waals surface area (Å²) in [7, 11) is 0. The van der Waals surface area contributed by atoms with Crippen LogP contribution in [0, 0.1) is 5.82 Å². The van der Waals surface area contributed by atoms with Crippen molar-refractivity contribution in [1.29, 1.82) is 0 Å². The van der Waals surface area contributed by atoms with Crippen molar-refractivity contribution in [2.75, 3.05) is 25.4 Å². The molecule has 0 radical (unpaired) electrons. The lowest BCUT2D eigenvalue weighted by Crippen LogP contribution is -2.46. The Morgan fingerprint density at radius 2 is 1.96 bits per heavy atom. The van der Waals surface area contributed by atoms with Crippen molar-refractivity contribution in [3.05, 3.63) is 30.1 Å². The molecule has 1 fully saturated rings. The lowest BCUT2D eigenvalue weighted by Gasteiger charge is -2.34. The molecule has 1 saturated heterocycles. The number of nitrogens with one attached hydrogen (secondary N) is 1. The van der Waals surface area contributed by atoms with Crippen LogP contribution in [-0.4, -0.2) is 42.2 Å². The second kappa shape index (κ2) is 10.9.